The minimum absolute atomic E-state index is 0.0428. The number of ether oxygens (including phenoxy) is 2. The zero-order valence-corrected chi connectivity index (χ0v) is 15.8. The van der Waals surface area contributed by atoms with E-state index in [9.17, 15) is 5.11 Å². The van der Waals surface area contributed by atoms with E-state index in [0.717, 1.165) is 28.3 Å². The molecule has 3 aromatic carbocycles. The topological polar surface area (TPSA) is 38.7 Å². The molecule has 1 N–H and O–H groups in total. The molecule has 0 spiro atoms. The molecule has 26 heavy (non-hydrogen) atoms. The van der Waals surface area contributed by atoms with Gasteiger partial charge in [0.15, 0.2) is 6.79 Å². The summed E-state index contributed by atoms with van der Waals surface area (Å²) in [6, 6.07) is 24.7. The predicted octanol–water partition coefficient (Wildman–Crippen LogP) is 3.38. The third kappa shape index (κ3) is 4.92. The van der Waals surface area contributed by atoms with E-state index >= 15 is 0 Å². The van der Waals surface area contributed by atoms with Gasteiger partial charge in [-0.1, -0.05) is 69.2 Å². The summed E-state index contributed by atoms with van der Waals surface area (Å²) in [5, 5.41) is 11.9. The molecule has 0 fully saturated rings. The fourth-order valence-electron chi connectivity index (χ4n) is 2.79. The molecule has 0 saturated carbocycles. The van der Waals surface area contributed by atoms with Crippen molar-refractivity contribution < 1.29 is 14.6 Å². The molecule has 3 rings (SSSR count). The Hall–Kier alpha value is -2.19. The zero-order valence-electron chi connectivity index (χ0n) is 14.8. The monoisotopic (exact) mass is 366 g/mol. The summed E-state index contributed by atoms with van der Waals surface area (Å²) in [4.78, 5) is 0. The van der Waals surface area contributed by atoms with Crippen LogP contribution in [0.5, 0.6) is 5.75 Å². The minimum atomic E-state index is 0.0428. The van der Waals surface area contributed by atoms with Crippen LogP contribution in [0.15, 0.2) is 72.8 Å². The van der Waals surface area contributed by atoms with E-state index in [4.69, 9.17) is 9.47 Å². The van der Waals surface area contributed by atoms with Crippen molar-refractivity contribution in [2.45, 2.75) is 13.0 Å². The summed E-state index contributed by atoms with van der Waals surface area (Å²) < 4.78 is 10.8. The molecule has 0 heterocycles. The molecule has 1 unspecified atom stereocenters. The highest BCUT2D eigenvalue weighted by Crippen LogP contribution is 2.23. The van der Waals surface area contributed by atoms with E-state index in [1.165, 1.54) is 11.1 Å². The lowest BCUT2D eigenvalue weighted by molar-refractivity contribution is 0.0519. The van der Waals surface area contributed by atoms with Crippen molar-refractivity contribution in [2.75, 3.05) is 13.9 Å². The van der Waals surface area contributed by atoms with Crippen molar-refractivity contribution in [3.05, 3.63) is 89.5 Å². The van der Waals surface area contributed by atoms with Gasteiger partial charge in [-0.15, -0.1) is 0 Å². The maximum atomic E-state index is 9.61. The first-order valence-corrected chi connectivity index (χ1v) is 9.54. The lowest BCUT2D eigenvalue weighted by Gasteiger charge is -2.14. The van der Waals surface area contributed by atoms with Gasteiger partial charge in [0.05, 0.1) is 6.61 Å². The highest BCUT2D eigenvalue weighted by atomic mass is 31.1. The smallest absolute Gasteiger partial charge is 0.188 e. The van der Waals surface area contributed by atoms with Crippen LogP contribution in [0.25, 0.3) is 0 Å². The van der Waals surface area contributed by atoms with Gasteiger partial charge in [-0.05, 0) is 40.5 Å². The molecule has 0 saturated heterocycles. The normalized spacial score (nSPS) is 11.2. The predicted molar refractivity (Wildman–Crippen MR) is 108 cm³/mol. The van der Waals surface area contributed by atoms with Crippen molar-refractivity contribution in [1.29, 1.82) is 0 Å². The van der Waals surface area contributed by atoms with Crippen molar-refractivity contribution >= 4 is 19.2 Å². The number of aliphatic hydroxyl groups excluding tert-OH is 1. The average Bonchev–Trinajstić information content (AvgIpc) is 2.68. The van der Waals surface area contributed by atoms with Crippen molar-refractivity contribution in [3.8, 4) is 5.75 Å². The van der Waals surface area contributed by atoms with Crippen LogP contribution < -0.4 is 15.3 Å². The molecule has 3 nitrogen and oxygen atoms in total. The van der Waals surface area contributed by atoms with Crippen molar-refractivity contribution in [3.63, 3.8) is 0 Å². The van der Waals surface area contributed by atoms with E-state index in [0.29, 0.717) is 8.58 Å². The number of benzene rings is 3. The second-order valence-corrected chi connectivity index (χ2v) is 7.31. The maximum Gasteiger partial charge on any atom is 0.188 e. The zero-order chi connectivity index (χ0) is 18.2. The molecule has 0 aliphatic carbocycles. The SMILES string of the molecule is COCOc1ccc(Cc2ccccc2)cc1Pc1ccccc1CO. The second-order valence-electron chi connectivity index (χ2n) is 5.98. The molecular formula is C22H23O3P. The molecule has 0 aliphatic heterocycles. The lowest BCUT2D eigenvalue weighted by Crippen LogP contribution is -2.13. The average molecular weight is 366 g/mol. The molecule has 3 aromatic rings. The largest absolute Gasteiger partial charge is 0.467 e. The maximum absolute atomic E-state index is 9.61. The van der Waals surface area contributed by atoms with Crippen LogP contribution in [0, 0.1) is 0 Å². The number of hydrogen-bond donors (Lipinski definition) is 1. The van der Waals surface area contributed by atoms with Crippen LogP contribution in [0.4, 0.5) is 0 Å². The summed E-state index contributed by atoms with van der Waals surface area (Å²) >= 11 is 0. The van der Waals surface area contributed by atoms with Gasteiger partial charge in [-0.3, -0.25) is 0 Å². The van der Waals surface area contributed by atoms with Gasteiger partial charge < -0.3 is 14.6 Å². The Labute approximate surface area is 156 Å². The van der Waals surface area contributed by atoms with E-state index in [2.05, 4.69) is 42.5 Å². The Kier molecular flexibility index (Phi) is 6.79. The van der Waals surface area contributed by atoms with E-state index < -0.39 is 0 Å². The van der Waals surface area contributed by atoms with Crippen LogP contribution in [-0.4, -0.2) is 19.0 Å². The Bertz CT molecular complexity index is 834. The minimum Gasteiger partial charge on any atom is -0.467 e. The highest BCUT2D eigenvalue weighted by molar-refractivity contribution is 7.55. The standard InChI is InChI=1S/C22H23O3P/c1-24-16-25-20-12-11-18(13-17-7-3-2-4-8-17)14-22(20)26-21-10-6-5-9-19(21)15-23/h2-12,14,23,26H,13,15-16H2,1H3. The molecule has 0 radical (unpaired) electrons. The van der Waals surface area contributed by atoms with Gasteiger partial charge in [-0.25, -0.2) is 0 Å². The third-order valence-corrected chi connectivity index (χ3v) is 5.50. The number of aliphatic hydroxyl groups is 1. The van der Waals surface area contributed by atoms with Crippen molar-refractivity contribution in [2.24, 2.45) is 0 Å². The van der Waals surface area contributed by atoms with Gasteiger partial charge >= 0.3 is 0 Å². The van der Waals surface area contributed by atoms with Gasteiger partial charge in [0.1, 0.15) is 5.75 Å². The van der Waals surface area contributed by atoms with E-state index in [1.807, 2.05) is 30.3 Å². The van der Waals surface area contributed by atoms with Gasteiger partial charge in [0, 0.05) is 12.4 Å². The van der Waals surface area contributed by atoms with Gasteiger partial charge in [-0.2, -0.15) is 0 Å². The highest BCUT2D eigenvalue weighted by Gasteiger charge is 2.10. The fraction of sp³-hybridized carbons (Fsp3) is 0.182. The molecular weight excluding hydrogens is 343 g/mol. The summed E-state index contributed by atoms with van der Waals surface area (Å²) in [6.07, 6.45) is 0.879. The first kappa shape index (κ1) is 18.6. The van der Waals surface area contributed by atoms with Gasteiger partial charge in [0.25, 0.3) is 0 Å². The molecule has 0 bridgehead atoms. The molecule has 4 heteroatoms. The Morgan fingerprint density at radius 3 is 2.38 bits per heavy atom. The number of rotatable bonds is 8. The molecule has 0 aliphatic rings. The number of methoxy groups -OCH3 is 1. The Morgan fingerprint density at radius 2 is 1.62 bits per heavy atom. The quantitative estimate of drug-likeness (QED) is 0.491. The van der Waals surface area contributed by atoms with Crippen LogP contribution in [0.2, 0.25) is 0 Å². The molecule has 0 amide bonds. The van der Waals surface area contributed by atoms with E-state index in [1.54, 1.807) is 7.11 Å². The molecule has 0 aromatic heterocycles. The first-order chi connectivity index (χ1) is 12.8. The summed E-state index contributed by atoms with van der Waals surface area (Å²) in [6.45, 7) is 0.262. The van der Waals surface area contributed by atoms with Crippen molar-refractivity contribution in [1.82, 2.24) is 0 Å². The Balaban J connectivity index is 1.90. The lowest BCUT2D eigenvalue weighted by atomic mass is 10.1. The fourth-order valence-corrected chi connectivity index (χ4v) is 4.12. The Morgan fingerprint density at radius 1 is 0.846 bits per heavy atom. The molecule has 134 valence electrons. The van der Waals surface area contributed by atoms with E-state index in [-0.39, 0.29) is 13.4 Å². The number of hydrogen-bond acceptors (Lipinski definition) is 3. The van der Waals surface area contributed by atoms with Crippen LogP contribution >= 0.6 is 8.58 Å². The third-order valence-electron chi connectivity index (χ3n) is 4.08. The summed E-state index contributed by atoms with van der Waals surface area (Å²) in [5.41, 5.74) is 3.48. The summed E-state index contributed by atoms with van der Waals surface area (Å²) in [7, 11) is 2.03. The van der Waals surface area contributed by atoms with Gasteiger partial charge in [0.2, 0.25) is 0 Å². The first-order valence-electron chi connectivity index (χ1n) is 8.54. The van der Waals surface area contributed by atoms with Crippen LogP contribution in [0.3, 0.4) is 0 Å². The second kappa shape index (κ2) is 9.49. The molecule has 1 atom stereocenters. The summed E-state index contributed by atoms with van der Waals surface area (Å²) in [5.74, 6) is 0.828. The van der Waals surface area contributed by atoms with Crippen LogP contribution in [-0.2, 0) is 17.8 Å². The van der Waals surface area contributed by atoms with Crippen LogP contribution in [0.1, 0.15) is 16.7 Å².